The van der Waals surface area contributed by atoms with Crippen LogP contribution in [0.5, 0.6) is 5.75 Å². The Balaban J connectivity index is 1.89. The highest BCUT2D eigenvalue weighted by molar-refractivity contribution is 5.88. The van der Waals surface area contributed by atoms with Crippen molar-refractivity contribution in [2.24, 2.45) is 0 Å². The number of benzene rings is 1. The first-order chi connectivity index (χ1) is 9.97. The SMILES string of the molecule is CN1CCN(C(=O)COc2ccc(C(=O)O)c(F)c2)CC1. The number of hydrogen-bond acceptors (Lipinski definition) is 4. The second-order valence-electron chi connectivity index (χ2n) is 4.92. The number of amides is 1. The number of carboxylic acid groups (broad SMARTS) is 1. The fourth-order valence-electron chi connectivity index (χ4n) is 2.05. The van der Waals surface area contributed by atoms with Crippen LogP contribution in [0, 0.1) is 5.82 Å². The van der Waals surface area contributed by atoms with Crippen molar-refractivity contribution in [2.75, 3.05) is 39.8 Å². The second kappa shape index (κ2) is 6.53. The number of hydrogen-bond donors (Lipinski definition) is 1. The fourth-order valence-corrected chi connectivity index (χ4v) is 2.05. The number of aromatic carboxylic acids is 1. The molecule has 21 heavy (non-hydrogen) atoms. The van der Waals surface area contributed by atoms with Crippen LogP contribution in [0.2, 0.25) is 0 Å². The summed E-state index contributed by atoms with van der Waals surface area (Å²) in [5.74, 6) is -2.24. The minimum absolute atomic E-state index is 0.139. The highest BCUT2D eigenvalue weighted by Crippen LogP contribution is 2.17. The van der Waals surface area contributed by atoms with E-state index in [4.69, 9.17) is 9.84 Å². The van der Waals surface area contributed by atoms with Crippen LogP contribution in [0.3, 0.4) is 0 Å². The maximum Gasteiger partial charge on any atom is 0.338 e. The van der Waals surface area contributed by atoms with E-state index >= 15 is 0 Å². The summed E-state index contributed by atoms with van der Waals surface area (Å²) in [6, 6.07) is 3.43. The lowest BCUT2D eigenvalue weighted by Gasteiger charge is -2.32. The molecule has 0 bridgehead atoms. The number of ether oxygens (including phenoxy) is 1. The maximum atomic E-state index is 13.5. The molecular weight excluding hydrogens is 279 g/mol. The van der Waals surface area contributed by atoms with Gasteiger partial charge in [-0.25, -0.2) is 9.18 Å². The first-order valence-corrected chi connectivity index (χ1v) is 6.59. The van der Waals surface area contributed by atoms with Crippen molar-refractivity contribution in [1.82, 2.24) is 9.80 Å². The molecule has 0 unspecified atom stereocenters. The van der Waals surface area contributed by atoms with Gasteiger partial charge in [0.1, 0.15) is 11.6 Å². The summed E-state index contributed by atoms with van der Waals surface area (Å²) >= 11 is 0. The Morgan fingerprint density at radius 3 is 2.52 bits per heavy atom. The Kier molecular flexibility index (Phi) is 4.74. The number of nitrogens with zero attached hydrogens (tertiary/aromatic N) is 2. The van der Waals surface area contributed by atoms with Gasteiger partial charge in [-0.3, -0.25) is 4.79 Å². The molecule has 0 radical (unpaired) electrons. The first-order valence-electron chi connectivity index (χ1n) is 6.59. The van der Waals surface area contributed by atoms with Gasteiger partial charge in [0.05, 0.1) is 5.56 Å². The van der Waals surface area contributed by atoms with Crippen molar-refractivity contribution in [3.05, 3.63) is 29.6 Å². The molecule has 7 heteroatoms. The summed E-state index contributed by atoms with van der Waals surface area (Å²) in [5, 5.41) is 8.72. The predicted molar refractivity (Wildman–Crippen MR) is 72.9 cm³/mol. The maximum absolute atomic E-state index is 13.5. The van der Waals surface area contributed by atoms with Crippen LogP contribution >= 0.6 is 0 Å². The summed E-state index contributed by atoms with van der Waals surface area (Å²) in [5.41, 5.74) is -0.423. The Morgan fingerprint density at radius 1 is 1.29 bits per heavy atom. The molecule has 1 aromatic rings. The molecular formula is C14H17FN2O4. The lowest BCUT2D eigenvalue weighted by atomic mass is 10.2. The first kappa shape index (κ1) is 15.2. The van der Waals surface area contributed by atoms with E-state index in [1.54, 1.807) is 4.90 Å². The molecule has 0 saturated carbocycles. The number of piperazine rings is 1. The van der Waals surface area contributed by atoms with E-state index in [2.05, 4.69) is 4.90 Å². The van der Waals surface area contributed by atoms with E-state index in [1.165, 1.54) is 6.07 Å². The summed E-state index contributed by atoms with van der Waals surface area (Å²) in [7, 11) is 1.99. The second-order valence-corrected chi connectivity index (χ2v) is 4.92. The molecule has 1 amide bonds. The monoisotopic (exact) mass is 296 g/mol. The van der Waals surface area contributed by atoms with Gasteiger partial charge in [-0.05, 0) is 19.2 Å². The third-order valence-electron chi connectivity index (χ3n) is 3.39. The van der Waals surface area contributed by atoms with Gasteiger partial charge in [-0.2, -0.15) is 0 Å². The zero-order chi connectivity index (χ0) is 15.4. The molecule has 2 rings (SSSR count). The molecule has 114 valence electrons. The van der Waals surface area contributed by atoms with E-state index < -0.39 is 17.3 Å². The number of carbonyl (C=O) groups excluding carboxylic acids is 1. The topological polar surface area (TPSA) is 70.1 Å². The van der Waals surface area contributed by atoms with Crippen molar-refractivity contribution in [2.45, 2.75) is 0 Å². The van der Waals surface area contributed by atoms with E-state index in [0.29, 0.717) is 13.1 Å². The van der Waals surface area contributed by atoms with Gasteiger partial charge < -0.3 is 19.6 Å². The Hall–Kier alpha value is -2.15. The lowest BCUT2D eigenvalue weighted by Crippen LogP contribution is -2.48. The molecule has 6 nitrogen and oxygen atoms in total. The highest BCUT2D eigenvalue weighted by atomic mass is 19.1. The number of carboxylic acids is 1. The zero-order valence-electron chi connectivity index (χ0n) is 11.7. The zero-order valence-corrected chi connectivity index (χ0v) is 11.7. The van der Waals surface area contributed by atoms with Gasteiger partial charge in [-0.1, -0.05) is 0 Å². The number of rotatable bonds is 4. The van der Waals surface area contributed by atoms with Gasteiger partial charge in [0.25, 0.3) is 5.91 Å². The summed E-state index contributed by atoms with van der Waals surface area (Å²) in [6.07, 6.45) is 0. The standard InChI is InChI=1S/C14H17FN2O4/c1-16-4-6-17(7-5-16)13(18)9-21-10-2-3-11(14(19)20)12(15)8-10/h2-3,8H,4-7,9H2,1H3,(H,19,20). The molecule has 1 heterocycles. The van der Waals surface area contributed by atoms with Gasteiger partial charge in [0.2, 0.25) is 0 Å². The minimum atomic E-state index is -1.34. The minimum Gasteiger partial charge on any atom is -0.484 e. The number of carbonyl (C=O) groups is 2. The molecule has 1 fully saturated rings. The highest BCUT2D eigenvalue weighted by Gasteiger charge is 2.19. The van der Waals surface area contributed by atoms with Crippen molar-refractivity contribution in [3.63, 3.8) is 0 Å². The van der Waals surface area contributed by atoms with Crippen LogP contribution in [-0.4, -0.2) is 66.6 Å². The van der Waals surface area contributed by atoms with Crippen molar-refractivity contribution < 1.29 is 23.8 Å². The third kappa shape index (κ3) is 3.91. The lowest BCUT2D eigenvalue weighted by molar-refractivity contribution is -0.134. The van der Waals surface area contributed by atoms with Gasteiger partial charge in [0.15, 0.2) is 6.61 Å². The Morgan fingerprint density at radius 2 is 1.95 bits per heavy atom. The molecule has 1 aliphatic heterocycles. The average molecular weight is 296 g/mol. The molecule has 0 aromatic heterocycles. The molecule has 1 saturated heterocycles. The van der Waals surface area contributed by atoms with Crippen LogP contribution in [0.15, 0.2) is 18.2 Å². The molecule has 1 aromatic carbocycles. The summed E-state index contributed by atoms with van der Waals surface area (Å²) in [6.45, 7) is 2.73. The summed E-state index contributed by atoms with van der Waals surface area (Å²) < 4.78 is 18.7. The fraction of sp³-hybridized carbons (Fsp3) is 0.429. The van der Waals surface area contributed by atoms with Crippen LogP contribution in [0.4, 0.5) is 4.39 Å². The smallest absolute Gasteiger partial charge is 0.338 e. The molecule has 1 aliphatic rings. The Bertz CT molecular complexity index is 542. The average Bonchev–Trinajstić information content (AvgIpc) is 2.45. The molecule has 0 spiro atoms. The van der Waals surface area contributed by atoms with Crippen LogP contribution in [0.25, 0.3) is 0 Å². The van der Waals surface area contributed by atoms with Gasteiger partial charge >= 0.3 is 5.97 Å². The number of halogens is 1. The van der Waals surface area contributed by atoms with Crippen LogP contribution in [-0.2, 0) is 4.79 Å². The van der Waals surface area contributed by atoms with Crippen molar-refractivity contribution in [1.29, 1.82) is 0 Å². The van der Waals surface area contributed by atoms with E-state index in [0.717, 1.165) is 25.2 Å². The van der Waals surface area contributed by atoms with E-state index in [9.17, 15) is 14.0 Å². The number of likely N-dealkylation sites (N-methyl/N-ethyl adjacent to an activating group) is 1. The predicted octanol–water partition coefficient (Wildman–Crippen LogP) is 0.677. The van der Waals surface area contributed by atoms with Crippen LogP contribution < -0.4 is 4.74 Å². The summed E-state index contributed by atoms with van der Waals surface area (Å²) in [4.78, 5) is 26.4. The Labute approximate surface area is 121 Å². The van der Waals surface area contributed by atoms with Crippen molar-refractivity contribution in [3.8, 4) is 5.75 Å². The normalized spacial score (nSPS) is 15.8. The molecule has 0 atom stereocenters. The van der Waals surface area contributed by atoms with Crippen molar-refractivity contribution >= 4 is 11.9 Å². The van der Waals surface area contributed by atoms with Crippen LogP contribution in [0.1, 0.15) is 10.4 Å². The molecule has 1 N–H and O–H groups in total. The third-order valence-corrected chi connectivity index (χ3v) is 3.39. The molecule has 0 aliphatic carbocycles. The van der Waals surface area contributed by atoms with E-state index in [1.807, 2.05) is 7.05 Å². The van der Waals surface area contributed by atoms with Gasteiger partial charge in [0, 0.05) is 32.2 Å². The quantitative estimate of drug-likeness (QED) is 0.884. The van der Waals surface area contributed by atoms with E-state index in [-0.39, 0.29) is 18.3 Å². The van der Waals surface area contributed by atoms with Gasteiger partial charge in [-0.15, -0.1) is 0 Å². The largest absolute Gasteiger partial charge is 0.484 e.